The van der Waals surface area contributed by atoms with Crippen molar-refractivity contribution in [2.45, 2.75) is 0 Å². The first-order valence-corrected chi connectivity index (χ1v) is 8.73. The van der Waals surface area contributed by atoms with E-state index in [0.717, 1.165) is 0 Å². The number of carbonyl (C=O) groups is 2. The van der Waals surface area contributed by atoms with Gasteiger partial charge in [-0.25, -0.2) is 9.59 Å². The molecule has 0 aliphatic carbocycles. The van der Waals surface area contributed by atoms with Gasteiger partial charge in [0, 0.05) is 25.1 Å². The van der Waals surface area contributed by atoms with Crippen LogP contribution in [0.3, 0.4) is 0 Å². The Balaban J connectivity index is 1.79. The Labute approximate surface area is 166 Å². The van der Waals surface area contributed by atoms with Gasteiger partial charge in [0.05, 0.1) is 19.3 Å². The molecular weight excluding hydrogens is 378 g/mol. The Morgan fingerprint density at radius 1 is 1.00 bits per heavy atom. The lowest BCUT2D eigenvalue weighted by Crippen LogP contribution is -2.30. The number of amides is 1. The molecule has 2 aromatic carbocycles. The normalized spacial score (nSPS) is 10.6. The second-order valence-corrected chi connectivity index (χ2v) is 6.01. The third kappa shape index (κ3) is 4.80. The molecule has 0 bridgehead atoms. The highest BCUT2D eigenvalue weighted by molar-refractivity contribution is 5.97. The molecule has 0 spiro atoms. The van der Waals surface area contributed by atoms with Gasteiger partial charge >= 0.3 is 11.6 Å². The summed E-state index contributed by atoms with van der Waals surface area (Å²) in [7, 11) is 3.04. The number of nitrogens with one attached hydrogen (secondary N) is 1. The quantitative estimate of drug-likeness (QED) is 0.282. The molecule has 3 rings (SSSR count). The molecule has 0 saturated heterocycles. The van der Waals surface area contributed by atoms with Crippen molar-refractivity contribution in [1.29, 1.82) is 0 Å². The van der Waals surface area contributed by atoms with E-state index in [2.05, 4.69) is 5.32 Å². The number of methoxy groups -OCH3 is 2. The van der Waals surface area contributed by atoms with Gasteiger partial charge < -0.3 is 23.9 Å². The molecule has 8 nitrogen and oxygen atoms in total. The van der Waals surface area contributed by atoms with E-state index in [4.69, 9.17) is 18.6 Å². The van der Waals surface area contributed by atoms with Crippen LogP contribution in [-0.4, -0.2) is 39.2 Å². The van der Waals surface area contributed by atoms with Crippen molar-refractivity contribution in [1.82, 2.24) is 5.32 Å². The molecule has 150 valence electrons. The Morgan fingerprint density at radius 3 is 2.41 bits per heavy atom. The molecule has 8 heteroatoms. The summed E-state index contributed by atoms with van der Waals surface area (Å²) < 4.78 is 20.5. The lowest BCUT2D eigenvalue weighted by molar-refractivity contribution is 0.0734. The van der Waals surface area contributed by atoms with Crippen molar-refractivity contribution in [3.05, 3.63) is 70.1 Å². The second kappa shape index (κ2) is 9.03. The van der Waals surface area contributed by atoms with E-state index >= 15 is 0 Å². The molecule has 0 aliphatic rings. The minimum atomic E-state index is -0.786. The minimum Gasteiger partial charge on any atom is -0.497 e. The Kier molecular flexibility index (Phi) is 6.25. The van der Waals surface area contributed by atoms with Crippen LogP contribution in [0.15, 0.2) is 57.7 Å². The highest BCUT2D eigenvalue weighted by Crippen LogP contribution is 2.22. The van der Waals surface area contributed by atoms with Gasteiger partial charge in [0.2, 0.25) is 0 Å². The van der Waals surface area contributed by atoms with Crippen LogP contribution >= 0.6 is 0 Å². The van der Waals surface area contributed by atoms with Crippen LogP contribution in [0.25, 0.3) is 11.0 Å². The van der Waals surface area contributed by atoms with Gasteiger partial charge in [-0.2, -0.15) is 0 Å². The van der Waals surface area contributed by atoms with Crippen molar-refractivity contribution in [3.8, 4) is 11.5 Å². The van der Waals surface area contributed by atoms with E-state index < -0.39 is 17.5 Å². The van der Waals surface area contributed by atoms with Gasteiger partial charge in [-0.15, -0.1) is 0 Å². The molecule has 0 atom stereocenters. The average Bonchev–Trinajstić information content (AvgIpc) is 2.73. The maximum absolute atomic E-state index is 12.3. The predicted octanol–water partition coefficient (Wildman–Crippen LogP) is 2.40. The molecule has 0 saturated carbocycles. The fourth-order valence-electron chi connectivity index (χ4n) is 2.57. The van der Waals surface area contributed by atoms with E-state index in [1.54, 1.807) is 36.4 Å². The van der Waals surface area contributed by atoms with Crippen LogP contribution in [-0.2, 0) is 4.74 Å². The third-order valence-electron chi connectivity index (χ3n) is 4.08. The molecular formula is C21H19NO7. The minimum absolute atomic E-state index is 0.114. The van der Waals surface area contributed by atoms with E-state index in [1.807, 2.05) is 0 Å². The highest BCUT2D eigenvalue weighted by Gasteiger charge is 2.15. The van der Waals surface area contributed by atoms with E-state index in [9.17, 15) is 14.4 Å². The number of hydrogen-bond acceptors (Lipinski definition) is 7. The van der Waals surface area contributed by atoms with E-state index in [0.29, 0.717) is 23.3 Å². The van der Waals surface area contributed by atoms with Gasteiger partial charge in [-0.05, 0) is 42.5 Å². The molecule has 1 aromatic heterocycles. The van der Waals surface area contributed by atoms with Crippen LogP contribution in [0, 0.1) is 0 Å². The summed E-state index contributed by atoms with van der Waals surface area (Å²) in [6, 6.07) is 12.5. The van der Waals surface area contributed by atoms with Crippen LogP contribution in [0.2, 0.25) is 0 Å². The molecule has 3 aromatic rings. The first-order valence-electron chi connectivity index (χ1n) is 8.73. The van der Waals surface area contributed by atoms with Crippen LogP contribution < -0.4 is 20.4 Å². The second-order valence-electron chi connectivity index (χ2n) is 6.01. The van der Waals surface area contributed by atoms with Gasteiger partial charge in [0.1, 0.15) is 22.6 Å². The molecule has 0 aliphatic heterocycles. The van der Waals surface area contributed by atoms with Gasteiger partial charge in [-0.1, -0.05) is 0 Å². The monoisotopic (exact) mass is 397 g/mol. The van der Waals surface area contributed by atoms with Crippen molar-refractivity contribution >= 4 is 22.8 Å². The SMILES string of the molecule is COCCNC(=O)c1cc2ccc(OC(=O)c3ccc(OC)cc3)cc2oc1=O. The van der Waals surface area contributed by atoms with Gasteiger partial charge in [-0.3, -0.25) is 4.79 Å². The molecule has 1 amide bonds. The first kappa shape index (κ1) is 20.1. The Bertz CT molecular complexity index is 1090. The summed E-state index contributed by atoms with van der Waals surface area (Å²) in [5.41, 5.74) is -0.360. The van der Waals surface area contributed by atoms with Crippen molar-refractivity contribution < 1.29 is 28.2 Å². The average molecular weight is 397 g/mol. The van der Waals surface area contributed by atoms with Crippen molar-refractivity contribution in [3.63, 3.8) is 0 Å². The summed E-state index contributed by atoms with van der Waals surface area (Å²) >= 11 is 0. The third-order valence-corrected chi connectivity index (χ3v) is 4.08. The summed E-state index contributed by atoms with van der Waals surface area (Å²) in [4.78, 5) is 36.5. The number of rotatable bonds is 7. The number of benzene rings is 2. The number of ether oxygens (including phenoxy) is 3. The van der Waals surface area contributed by atoms with E-state index in [-0.39, 0.29) is 23.4 Å². The van der Waals surface area contributed by atoms with E-state index in [1.165, 1.54) is 26.4 Å². The number of hydrogen-bond donors (Lipinski definition) is 1. The van der Waals surface area contributed by atoms with Crippen molar-refractivity contribution in [2.24, 2.45) is 0 Å². The van der Waals surface area contributed by atoms with Gasteiger partial charge in [0.15, 0.2) is 0 Å². The standard InChI is InChI=1S/C21H19NO7/c1-26-10-9-22-19(23)17-11-14-5-8-16(12-18(14)29-21(17)25)28-20(24)13-3-6-15(27-2)7-4-13/h3-8,11-12H,9-10H2,1-2H3,(H,22,23). The summed E-state index contributed by atoms with van der Waals surface area (Å²) in [5.74, 6) is -0.286. The zero-order valence-corrected chi connectivity index (χ0v) is 15.9. The highest BCUT2D eigenvalue weighted by atomic mass is 16.5. The Hall–Kier alpha value is -3.65. The number of carbonyl (C=O) groups excluding carboxylic acids is 2. The summed E-state index contributed by atoms with van der Waals surface area (Å²) in [6.07, 6.45) is 0. The maximum atomic E-state index is 12.3. The smallest absolute Gasteiger partial charge is 0.349 e. The lowest BCUT2D eigenvalue weighted by Gasteiger charge is -2.07. The van der Waals surface area contributed by atoms with Crippen LogP contribution in [0.4, 0.5) is 0 Å². The maximum Gasteiger partial charge on any atom is 0.349 e. The molecule has 29 heavy (non-hydrogen) atoms. The lowest BCUT2D eigenvalue weighted by atomic mass is 10.1. The number of fused-ring (bicyclic) bond motifs is 1. The van der Waals surface area contributed by atoms with Gasteiger partial charge in [0.25, 0.3) is 5.91 Å². The molecule has 0 unspecified atom stereocenters. The fraction of sp³-hybridized carbons (Fsp3) is 0.190. The topological polar surface area (TPSA) is 104 Å². The summed E-state index contributed by atoms with van der Waals surface area (Å²) in [6.45, 7) is 0.598. The predicted molar refractivity (Wildman–Crippen MR) is 105 cm³/mol. The molecule has 0 radical (unpaired) electrons. The van der Waals surface area contributed by atoms with Crippen molar-refractivity contribution in [2.75, 3.05) is 27.4 Å². The molecule has 1 N–H and O–H groups in total. The first-order chi connectivity index (χ1) is 14.0. The number of esters is 1. The zero-order valence-electron chi connectivity index (χ0n) is 15.9. The molecule has 0 fully saturated rings. The summed E-state index contributed by atoms with van der Waals surface area (Å²) in [5, 5.41) is 3.09. The van der Waals surface area contributed by atoms with Crippen LogP contribution in [0.1, 0.15) is 20.7 Å². The Morgan fingerprint density at radius 2 is 1.72 bits per heavy atom. The largest absolute Gasteiger partial charge is 0.497 e. The van der Waals surface area contributed by atoms with Crippen LogP contribution in [0.5, 0.6) is 11.5 Å². The molecule has 1 heterocycles. The zero-order chi connectivity index (χ0) is 20.8. The fourth-order valence-corrected chi connectivity index (χ4v) is 2.57.